The molecule has 2 atom stereocenters. The Hall–Kier alpha value is -1.18. The van der Waals surface area contributed by atoms with Gasteiger partial charge < -0.3 is 15.9 Å². The zero-order chi connectivity index (χ0) is 13.2. The topological polar surface area (TPSA) is 110 Å². The molecule has 6 nitrogen and oxygen atoms in total. The van der Waals surface area contributed by atoms with Gasteiger partial charge >= 0.3 is 0 Å². The minimum absolute atomic E-state index is 0.153. The summed E-state index contributed by atoms with van der Waals surface area (Å²) in [5.74, 6) is -0.185. The highest BCUT2D eigenvalue weighted by atomic mass is 79.9. The first-order chi connectivity index (χ1) is 7.88. The monoisotopic (exact) mass is 304 g/mol. The van der Waals surface area contributed by atoms with Crippen LogP contribution in [0.1, 0.15) is 24.9 Å². The van der Waals surface area contributed by atoms with Crippen LogP contribution in [0, 0.1) is 10.1 Å². The van der Waals surface area contributed by atoms with Gasteiger partial charge in [-0.1, -0.05) is 6.92 Å². The number of non-ortho nitro benzene ring substituents is 1. The second-order valence-electron chi connectivity index (χ2n) is 3.62. The summed E-state index contributed by atoms with van der Waals surface area (Å²) < 4.78 is 0.181. The third-order valence-corrected chi connectivity index (χ3v) is 3.08. The van der Waals surface area contributed by atoms with Gasteiger partial charge in [-0.25, -0.2) is 0 Å². The van der Waals surface area contributed by atoms with Gasteiger partial charge in [-0.2, -0.15) is 0 Å². The lowest BCUT2D eigenvalue weighted by molar-refractivity contribution is -0.385. The number of aromatic hydroxyl groups is 1. The third kappa shape index (κ3) is 2.93. The van der Waals surface area contributed by atoms with Gasteiger partial charge in [-0.05, 0) is 22.4 Å². The summed E-state index contributed by atoms with van der Waals surface area (Å²) in [6, 6.07) is 1.49. The molecule has 0 radical (unpaired) electrons. The highest BCUT2D eigenvalue weighted by Gasteiger charge is 2.23. The van der Waals surface area contributed by atoms with Crippen LogP contribution in [0.3, 0.4) is 0 Å². The van der Waals surface area contributed by atoms with E-state index >= 15 is 0 Å². The molecule has 0 unspecified atom stereocenters. The fourth-order valence-corrected chi connectivity index (χ4v) is 1.89. The number of nitro groups is 1. The minimum Gasteiger partial charge on any atom is -0.506 e. The number of phenolic OH excluding ortho intramolecular Hbond substituents is 1. The van der Waals surface area contributed by atoms with Crippen LogP contribution in [0.2, 0.25) is 0 Å². The summed E-state index contributed by atoms with van der Waals surface area (Å²) in [7, 11) is 0. The minimum atomic E-state index is -0.866. The molecule has 0 aliphatic rings. The molecule has 17 heavy (non-hydrogen) atoms. The highest BCUT2D eigenvalue weighted by molar-refractivity contribution is 9.10. The SMILES string of the molecule is CC[C@H](O)[C@H](N)c1cc([N+](=O)[O-])cc(Br)c1O. The van der Waals surface area contributed by atoms with Crippen molar-refractivity contribution in [1.29, 1.82) is 0 Å². The Balaban J connectivity index is 3.27. The zero-order valence-electron chi connectivity index (χ0n) is 9.13. The van der Waals surface area contributed by atoms with Gasteiger partial charge in [0.05, 0.1) is 21.5 Å². The molecule has 7 heteroatoms. The van der Waals surface area contributed by atoms with Crippen molar-refractivity contribution in [1.82, 2.24) is 0 Å². The number of nitrogens with two attached hydrogens (primary N) is 1. The number of rotatable bonds is 4. The van der Waals surface area contributed by atoms with E-state index < -0.39 is 17.1 Å². The van der Waals surface area contributed by atoms with Crippen molar-refractivity contribution < 1.29 is 15.1 Å². The number of aliphatic hydroxyl groups is 1. The standard InChI is InChI=1S/C10H13BrN2O4/c1-2-8(14)9(12)6-3-5(13(16)17)4-7(11)10(6)15/h3-4,8-9,14-15H,2,12H2,1H3/t8-,9+/m0/s1. The van der Waals surface area contributed by atoms with Crippen LogP contribution < -0.4 is 5.73 Å². The van der Waals surface area contributed by atoms with E-state index in [1.807, 2.05) is 0 Å². The molecule has 0 aliphatic heterocycles. The number of hydrogen-bond acceptors (Lipinski definition) is 5. The van der Waals surface area contributed by atoms with Crippen LogP contribution in [0.5, 0.6) is 5.75 Å². The van der Waals surface area contributed by atoms with Crippen LogP contribution in [0.25, 0.3) is 0 Å². The number of hydrogen-bond donors (Lipinski definition) is 3. The lowest BCUT2D eigenvalue weighted by Gasteiger charge is -2.19. The largest absolute Gasteiger partial charge is 0.506 e. The molecular weight excluding hydrogens is 292 g/mol. The summed E-state index contributed by atoms with van der Waals surface area (Å²) in [4.78, 5) is 10.1. The summed E-state index contributed by atoms with van der Waals surface area (Å²) in [5, 5.41) is 30.0. The van der Waals surface area contributed by atoms with E-state index in [0.29, 0.717) is 6.42 Å². The van der Waals surface area contributed by atoms with Crippen LogP contribution >= 0.6 is 15.9 Å². The van der Waals surface area contributed by atoms with E-state index in [0.717, 1.165) is 0 Å². The maximum Gasteiger partial charge on any atom is 0.271 e. The first-order valence-corrected chi connectivity index (χ1v) is 5.78. The van der Waals surface area contributed by atoms with Crippen molar-refractivity contribution in [2.75, 3.05) is 0 Å². The first kappa shape index (κ1) is 13.9. The lowest BCUT2D eigenvalue weighted by Crippen LogP contribution is -2.25. The van der Waals surface area contributed by atoms with Crippen LogP contribution in [-0.2, 0) is 0 Å². The lowest BCUT2D eigenvalue weighted by atomic mass is 9.99. The zero-order valence-corrected chi connectivity index (χ0v) is 10.7. The van der Waals surface area contributed by atoms with E-state index in [4.69, 9.17) is 5.73 Å². The van der Waals surface area contributed by atoms with Crippen molar-refractivity contribution in [2.24, 2.45) is 5.73 Å². The van der Waals surface area contributed by atoms with Gasteiger partial charge in [0.2, 0.25) is 0 Å². The van der Waals surface area contributed by atoms with Gasteiger partial charge in [0.1, 0.15) is 5.75 Å². The predicted octanol–water partition coefficient (Wildman–Crippen LogP) is 1.83. The van der Waals surface area contributed by atoms with Gasteiger partial charge in [-0.3, -0.25) is 10.1 Å². The second kappa shape index (κ2) is 5.44. The smallest absolute Gasteiger partial charge is 0.271 e. The quantitative estimate of drug-likeness (QED) is 0.580. The Labute approximate surface area is 106 Å². The van der Waals surface area contributed by atoms with Crippen LogP contribution in [0.15, 0.2) is 16.6 Å². The average molecular weight is 305 g/mol. The Morgan fingerprint density at radius 2 is 2.18 bits per heavy atom. The van der Waals surface area contributed by atoms with Crippen molar-refractivity contribution in [3.8, 4) is 5.75 Å². The molecular formula is C10H13BrN2O4. The fraction of sp³-hybridized carbons (Fsp3) is 0.400. The molecule has 1 rings (SSSR count). The van der Waals surface area contributed by atoms with Crippen molar-refractivity contribution in [2.45, 2.75) is 25.5 Å². The molecule has 0 heterocycles. The summed E-state index contributed by atoms with van der Waals surface area (Å²) >= 11 is 3.01. The number of aliphatic hydroxyl groups excluding tert-OH is 1. The molecule has 0 aliphatic carbocycles. The van der Waals surface area contributed by atoms with E-state index in [1.165, 1.54) is 12.1 Å². The molecule has 0 saturated carbocycles. The molecule has 1 aromatic carbocycles. The molecule has 0 aromatic heterocycles. The average Bonchev–Trinajstić information content (AvgIpc) is 2.30. The maximum atomic E-state index is 10.7. The Bertz CT molecular complexity index is 439. The summed E-state index contributed by atoms with van der Waals surface area (Å²) in [6.07, 6.45) is -0.476. The summed E-state index contributed by atoms with van der Waals surface area (Å²) in [6.45, 7) is 1.73. The molecule has 0 bridgehead atoms. The normalized spacial score (nSPS) is 14.4. The van der Waals surface area contributed by atoms with Crippen LogP contribution in [0.4, 0.5) is 5.69 Å². The third-order valence-electron chi connectivity index (χ3n) is 2.48. The molecule has 0 saturated heterocycles. The van der Waals surface area contributed by atoms with Gasteiger partial charge in [0.25, 0.3) is 5.69 Å². The number of halogens is 1. The molecule has 94 valence electrons. The Morgan fingerprint density at radius 1 is 1.59 bits per heavy atom. The van der Waals surface area contributed by atoms with E-state index in [1.54, 1.807) is 6.92 Å². The summed E-state index contributed by atoms with van der Waals surface area (Å²) in [5.41, 5.74) is 5.70. The highest BCUT2D eigenvalue weighted by Crippen LogP contribution is 2.36. The number of phenols is 1. The van der Waals surface area contributed by atoms with E-state index in [-0.39, 0.29) is 21.5 Å². The van der Waals surface area contributed by atoms with Gasteiger partial charge in [-0.15, -0.1) is 0 Å². The number of nitro benzene ring substituents is 1. The van der Waals surface area contributed by atoms with Gasteiger partial charge in [0, 0.05) is 17.7 Å². The van der Waals surface area contributed by atoms with E-state index in [2.05, 4.69) is 15.9 Å². The van der Waals surface area contributed by atoms with Crippen molar-refractivity contribution in [3.63, 3.8) is 0 Å². The Morgan fingerprint density at radius 3 is 2.65 bits per heavy atom. The Kier molecular flexibility index (Phi) is 4.44. The molecule has 1 aromatic rings. The molecule has 0 spiro atoms. The van der Waals surface area contributed by atoms with E-state index in [9.17, 15) is 20.3 Å². The fourth-order valence-electron chi connectivity index (χ4n) is 1.43. The predicted molar refractivity (Wildman–Crippen MR) is 65.7 cm³/mol. The second-order valence-corrected chi connectivity index (χ2v) is 4.48. The van der Waals surface area contributed by atoms with Crippen molar-refractivity contribution >= 4 is 21.6 Å². The number of nitrogens with zero attached hydrogens (tertiary/aromatic N) is 1. The van der Waals surface area contributed by atoms with Crippen LogP contribution in [-0.4, -0.2) is 21.2 Å². The van der Waals surface area contributed by atoms with Gasteiger partial charge in [0.15, 0.2) is 0 Å². The molecule has 0 amide bonds. The van der Waals surface area contributed by atoms with Crippen molar-refractivity contribution in [3.05, 3.63) is 32.3 Å². The maximum absolute atomic E-state index is 10.7. The molecule has 4 N–H and O–H groups in total. The first-order valence-electron chi connectivity index (χ1n) is 4.98. The molecule has 0 fully saturated rings. The number of benzene rings is 1.